The molecule has 51 heavy (non-hydrogen) atoms. The van der Waals surface area contributed by atoms with Gasteiger partial charge in [0.25, 0.3) is 0 Å². The van der Waals surface area contributed by atoms with Gasteiger partial charge in [0.05, 0.1) is 11.0 Å². The van der Waals surface area contributed by atoms with Gasteiger partial charge < -0.3 is 14.7 Å². The highest BCUT2D eigenvalue weighted by atomic mass is 16.3. The summed E-state index contributed by atoms with van der Waals surface area (Å²) in [5.41, 5.74) is 18.2. The van der Waals surface area contributed by atoms with Gasteiger partial charge in [-0.15, -0.1) is 0 Å². The Morgan fingerprint density at radius 1 is 0.627 bits per heavy atom. The van der Waals surface area contributed by atoms with Crippen molar-refractivity contribution >= 4 is 55.4 Å². The van der Waals surface area contributed by atoms with Crippen molar-refractivity contribution in [2.45, 2.75) is 0 Å². The molecule has 6 aromatic carbocycles. The van der Waals surface area contributed by atoms with Crippen molar-refractivity contribution in [2.24, 2.45) is 5.73 Å². The Morgan fingerprint density at radius 3 is 2.12 bits per heavy atom. The van der Waals surface area contributed by atoms with Crippen molar-refractivity contribution in [1.82, 2.24) is 4.57 Å². The molecule has 0 saturated heterocycles. The molecule has 8 rings (SSSR count). The molecule has 8 aromatic rings. The lowest BCUT2D eigenvalue weighted by Gasteiger charge is -2.18. The van der Waals surface area contributed by atoms with Crippen LogP contribution in [-0.2, 0) is 0 Å². The van der Waals surface area contributed by atoms with Crippen molar-refractivity contribution in [3.05, 3.63) is 200 Å². The smallest absolute Gasteiger partial charge is 0.143 e. The number of benzene rings is 6. The molecule has 2 N–H and O–H groups in total. The molecule has 0 bridgehead atoms. The van der Waals surface area contributed by atoms with Gasteiger partial charge in [-0.3, -0.25) is 0 Å². The van der Waals surface area contributed by atoms with Crippen molar-refractivity contribution in [3.63, 3.8) is 0 Å². The number of furan rings is 1. The van der Waals surface area contributed by atoms with Crippen LogP contribution in [0.4, 0.5) is 0 Å². The van der Waals surface area contributed by atoms with Crippen molar-refractivity contribution in [1.29, 1.82) is 0 Å². The zero-order valence-electron chi connectivity index (χ0n) is 28.2. The van der Waals surface area contributed by atoms with E-state index in [1.807, 2.05) is 42.5 Å². The zero-order valence-corrected chi connectivity index (χ0v) is 28.2. The predicted molar refractivity (Wildman–Crippen MR) is 219 cm³/mol. The Hall–Kier alpha value is -6.84. The minimum absolute atomic E-state index is 0.875. The first-order valence-electron chi connectivity index (χ1n) is 17.0. The van der Waals surface area contributed by atoms with E-state index in [1.54, 1.807) is 6.08 Å². The zero-order chi connectivity index (χ0) is 34.7. The number of fused-ring (bicyclic) bond motifs is 6. The van der Waals surface area contributed by atoms with Gasteiger partial charge >= 0.3 is 0 Å². The van der Waals surface area contributed by atoms with Gasteiger partial charge in [-0.1, -0.05) is 153 Å². The van der Waals surface area contributed by atoms with Crippen LogP contribution in [0.15, 0.2) is 194 Å². The van der Waals surface area contributed by atoms with Gasteiger partial charge in [0, 0.05) is 38.4 Å². The first-order chi connectivity index (χ1) is 25.2. The van der Waals surface area contributed by atoms with E-state index in [4.69, 9.17) is 10.2 Å². The summed E-state index contributed by atoms with van der Waals surface area (Å²) in [6.07, 6.45) is 17.3. The van der Waals surface area contributed by atoms with Crippen LogP contribution in [0.2, 0.25) is 0 Å². The third-order valence-corrected chi connectivity index (χ3v) is 9.39. The lowest BCUT2D eigenvalue weighted by molar-refractivity contribution is 0.670. The van der Waals surface area contributed by atoms with Crippen LogP contribution in [0.3, 0.4) is 0 Å². The van der Waals surface area contributed by atoms with E-state index < -0.39 is 0 Å². The van der Waals surface area contributed by atoms with E-state index in [2.05, 4.69) is 145 Å². The second-order valence-electron chi connectivity index (χ2n) is 12.4. The normalized spacial score (nSPS) is 12.2. The molecule has 3 nitrogen and oxygen atoms in total. The molecule has 2 aromatic heterocycles. The van der Waals surface area contributed by atoms with E-state index in [0.717, 1.165) is 83.0 Å². The van der Waals surface area contributed by atoms with Crippen LogP contribution in [0.1, 0.15) is 11.1 Å². The Bertz CT molecular complexity index is 2710. The van der Waals surface area contributed by atoms with Crippen LogP contribution >= 0.6 is 0 Å². The number of aromatic nitrogens is 1. The van der Waals surface area contributed by atoms with E-state index >= 15 is 0 Å². The molecule has 0 atom stereocenters. The second-order valence-corrected chi connectivity index (χ2v) is 12.4. The molecule has 0 fully saturated rings. The van der Waals surface area contributed by atoms with Gasteiger partial charge in [0.2, 0.25) is 0 Å². The molecule has 2 heterocycles. The molecule has 0 spiro atoms. The molecule has 244 valence electrons. The fraction of sp³-hybridized carbons (Fsp3) is 0. The third-order valence-electron chi connectivity index (χ3n) is 9.39. The average molecular weight is 657 g/mol. The predicted octanol–water partition coefficient (Wildman–Crippen LogP) is 12.8. The lowest BCUT2D eigenvalue weighted by Crippen LogP contribution is -2.00. The minimum atomic E-state index is 0.875. The van der Waals surface area contributed by atoms with E-state index in [9.17, 15) is 0 Å². The van der Waals surface area contributed by atoms with Gasteiger partial charge in [0.15, 0.2) is 0 Å². The summed E-state index contributed by atoms with van der Waals surface area (Å²) in [6, 6.07) is 44.9. The number of allylic oxidation sites excluding steroid dienone is 8. The fourth-order valence-electron chi connectivity index (χ4n) is 7.14. The largest absolute Gasteiger partial charge is 0.455 e. The molecule has 3 heteroatoms. The highest BCUT2D eigenvalue weighted by Gasteiger charge is 2.22. The van der Waals surface area contributed by atoms with Crippen molar-refractivity contribution < 1.29 is 4.42 Å². The summed E-state index contributed by atoms with van der Waals surface area (Å²) < 4.78 is 8.75. The van der Waals surface area contributed by atoms with Crippen LogP contribution in [0.5, 0.6) is 0 Å². The van der Waals surface area contributed by atoms with Gasteiger partial charge in [-0.25, -0.2) is 0 Å². The maximum atomic E-state index is 6.39. The maximum Gasteiger partial charge on any atom is 0.143 e. The highest BCUT2D eigenvalue weighted by molar-refractivity contribution is 6.16. The molecule has 0 unspecified atom stereocenters. The molecule has 0 aliphatic heterocycles. The Balaban J connectivity index is 1.40. The summed E-state index contributed by atoms with van der Waals surface area (Å²) in [7, 11) is 0. The maximum absolute atomic E-state index is 6.39. The summed E-state index contributed by atoms with van der Waals surface area (Å²) in [5, 5.41) is 4.57. The Labute approximate surface area is 297 Å². The number of nitrogens with two attached hydrogens (primary N) is 1. The molecule has 0 aliphatic carbocycles. The summed E-state index contributed by atoms with van der Waals surface area (Å²) in [5.74, 6) is 0. The fourth-order valence-corrected chi connectivity index (χ4v) is 7.14. The summed E-state index contributed by atoms with van der Waals surface area (Å²) in [4.78, 5) is 0. The Morgan fingerprint density at radius 2 is 1.33 bits per heavy atom. The SMILES string of the molecule is C=C/C=C\C=C/c1c(-c2ccc(-c3cccc4c3oc3ccccc34)cc2)cc2c3ccccc3n(-c3ccccc3)c2c1C(=C)/C=C\C=C/N. The quantitative estimate of drug-likeness (QED) is 0.157. The molecular formula is C48H36N2O. The first-order valence-corrected chi connectivity index (χ1v) is 17.0. The molecule has 0 saturated carbocycles. The van der Waals surface area contributed by atoms with Crippen LogP contribution in [-0.4, -0.2) is 4.57 Å². The number of rotatable bonds is 9. The number of nitrogens with zero attached hydrogens (tertiary/aromatic N) is 1. The van der Waals surface area contributed by atoms with E-state index in [0.29, 0.717) is 0 Å². The minimum Gasteiger partial charge on any atom is -0.455 e. The monoisotopic (exact) mass is 656 g/mol. The van der Waals surface area contributed by atoms with Gasteiger partial charge in [-0.2, -0.15) is 0 Å². The number of hydrogen-bond donors (Lipinski definition) is 1. The Kier molecular flexibility index (Phi) is 8.37. The van der Waals surface area contributed by atoms with Crippen molar-refractivity contribution in [2.75, 3.05) is 0 Å². The first kappa shape index (κ1) is 31.4. The van der Waals surface area contributed by atoms with E-state index in [1.165, 1.54) is 11.6 Å². The summed E-state index contributed by atoms with van der Waals surface area (Å²) in [6.45, 7) is 8.50. The second kappa shape index (κ2) is 13.6. The van der Waals surface area contributed by atoms with E-state index in [-0.39, 0.29) is 0 Å². The highest BCUT2D eigenvalue weighted by Crippen LogP contribution is 2.44. The average Bonchev–Trinajstić information content (AvgIpc) is 3.72. The molecule has 0 radical (unpaired) electrons. The topological polar surface area (TPSA) is 44.1 Å². The molecular weight excluding hydrogens is 621 g/mol. The van der Waals surface area contributed by atoms with Crippen LogP contribution in [0.25, 0.3) is 83.3 Å². The van der Waals surface area contributed by atoms with Crippen LogP contribution in [0, 0.1) is 0 Å². The number of para-hydroxylation sites is 4. The third kappa shape index (κ3) is 5.61. The molecule has 0 aliphatic rings. The van der Waals surface area contributed by atoms with Gasteiger partial charge in [0.1, 0.15) is 11.2 Å². The standard InChI is InChI=1S/C48H36N2O/c1-3-4-5-9-22-40-42(35-29-27-34(28-30-35)37-23-16-24-41-39-21-11-13-26-45(39)51-48(37)41)32-43-38-20-10-12-25-44(38)50(36-18-7-6-8-19-36)47(43)46(40)33(2)17-14-15-31-49/h3-32H,1-2,49H2/b5-4-,17-14-,22-9-,31-15-. The molecule has 0 amide bonds. The van der Waals surface area contributed by atoms with Crippen LogP contribution < -0.4 is 5.73 Å². The summed E-state index contributed by atoms with van der Waals surface area (Å²) >= 11 is 0. The van der Waals surface area contributed by atoms with Gasteiger partial charge in [-0.05, 0) is 70.4 Å². The lowest BCUT2D eigenvalue weighted by atomic mass is 9.88. The number of hydrogen-bond acceptors (Lipinski definition) is 2. The van der Waals surface area contributed by atoms with Crippen molar-refractivity contribution in [3.8, 4) is 27.9 Å².